The van der Waals surface area contributed by atoms with Crippen LogP contribution in [0, 0.1) is 16.7 Å². The molecule has 0 aromatic carbocycles. The minimum atomic E-state index is -0.398. The molecule has 0 N–H and O–H groups in total. The molecular weight excluding hydrogens is 404 g/mol. The van der Waals surface area contributed by atoms with Crippen LogP contribution < -0.4 is 0 Å². The fourth-order valence-corrected chi connectivity index (χ4v) is 6.27. The monoisotopic (exact) mass is 438 g/mol. The average molecular weight is 439 g/mol. The molecule has 0 spiro atoms. The Morgan fingerprint density at radius 1 is 1.16 bits per heavy atom. The van der Waals surface area contributed by atoms with E-state index >= 15 is 0 Å². The van der Waals surface area contributed by atoms with E-state index in [-0.39, 0.29) is 47.0 Å². The van der Waals surface area contributed by atoms with Crippen molar-refractivity contribution in [3.8, 4) is 0 Å². The molecule has 0 aromatic rings. The number of rotatable bonds is 3. The van der Waals surface area contributed by atoms with Crippen molar-refractivity contribution >= 4 is 17.5 Å². The Labute approximate surface area is 190 Å². The first kappa shape index (κ1) is 22.9. The number of fused-ring (bicyclic) bond motifs is 2. The number of hydrogen-bond donors (Lipinski definition) is 0. The van der Waals surface area contributed by atoms with Gasteiger partial charge in [0.15, 0.2) is 11.6 Å². The van der Waals surface area contributed by atoms with Crippen LogP contribution in [0.15, 0.2) is 46.1 Å². The molecule has 1 aliphatic heterocycles. The van der Waals surface area contributed by atoms with E-state index in [9.17, 15) is 14.4 Å². The Balaban J connectivity index is 1.80. The lowest BCUT2D eigenvalue weighted by atomic mass is 9.54. The summed E-state index contributed by atoms with van der Waals surface area (Å²) in [5.41, 5.74) is 4.25. The van der Waals surface area contributed by atoms with Gasteiger partial charge in [0.25, 0.3) is 0 Å². The number of carbonyl (C=O) groups excluding carboxylic acids is 3. The van der Waals surface area contributed by atoms with E-state index in [0.29, 0.717) is 12.0 Å². The maximum Gasteiger partial charge on any atom is 0.302 e. The number of hydrogen-bond acceptors (Lipinski definition) is 5. The van der Waals surface area contributed by atoms with E-state index in [1.54, 1.807) is 0 Å². The number of esters is 1. The Morgan fingerprint density at radius 2 is 1.88 bits per heavy atom. The second-order valence-electron chi connectivity index (χ2n) is 10.7. The molecule has 3 aliphatic carbocycles. The molecule has 0 radical (unpaired) electrons. The Hall–Kier alpha value is -2.27. The third-order valence-corrected chi connectivity index (χ3v) is 7.97. The van der Waals surface area contributed by atoms with Crippen LogP contribution in [0.25, 0.3) is 0 Å². The molecular formula is C27H34O5. The maximum atomic E-state index is 13.1. The van der Waals surface area contributed by atoms with Crippen LogP contribution in [-0.4, -0.2) is 36.4 Å². The average Bonchev–Trinajstić information content (AvgIpc) is 2.69. The van der Waals surface area contributed by atoms with Crippen molar-refractivity contribution in [2.24, 2.45) is 16.7 Å². The largest absolute Gasteiger partial charge is 0.461 e. The topological polar surface area (TPSA) is 69.7 Å². The summed E-state index contributed by atoms with van der Waals surface area (Å²) in [4.78, 5) is 37.0. The fourth-order valence-electron chi connectivity index (χ4n) is 6.27. The standard InChI is InChI=1S/C27H34O5/c1-15-10-22-19(12-20(15)29)18(14-31-17(3)28)11-23(32-22)25-16(2)21(30)13-24-26(4,5)8-7-9-27(24,25)6/h10-11,13,19,22-23H,7-9,12,14H2,1-6H3/t19-,22-,23-,27+/m1/s1. The molecule has 5 heteroatoms. The van der Waals surface area contributed by atoms with Crippen LogP contribution in [0.2, 0.25) is 0 Å². The maximum absolute atomic E-state index is 13.1. The highest BCUT2D eigenvalue weighted by atomic mass is 16.5. The van der Waals surface area contributed by atoms with Gasteiger partial charge in [-0.15, -0.1) is 0 Å². The zero-order valence-electron chi connectivity index (χ0n) is 20.0. The van der Waals surface area contributed by atoms with Gasteiger partial charge in [0.05, 0.1) is 12.2 Å². The molecule has 0 unspecified atom stereocenters. The molecule has 5 nitrogen and oxygen atoms in total. The van der Waals surface area contributed by atoms with E-state index in [2.05, 4.69) is 20.8 Å². The summed E-state index contributed by atoms with van der Waals surface area (Å²) in [6.45, 7) is 11.9. The highest BCUT2D eigenvalue weighted by Gasteiger charge is 2.50. The lowest BCUT2D eigenvalue weighted by Crippen LogP contribution is -2.46. The summed E-state index contributed by atoms with van der Waals surface area (Å²) in [6.07, 6.45) is 8.54. The van der Waals surface area contributed by atoms with Crippen molar-refractivity contribution in [3.05, 3.63) is 46.1 Å². The van der Waals surface area contributed by atoms with Crippen LogP contribution in [0.5, 0.6) is 0 Å². The normalized spacial score (nSPS) is 34.2. The third-order valence-electron chi connectivity index (χ3n) is 7.97. The first-order valence-electron chi connectivity index (χ1n) is 11.6. The van der Waals surface area contributed by atoms with E-state index in [4.69, 9.17) is 9.47 Å². The van der Waals surface area contributed by atoms with E-state index < -0.39 is 6.10 Å². The summed E-state index contributed by atoms with van der Waals surface area (Å²) in [5, 5.41) is 0. The molecule has 1 saturated carbocycles. The van der Waals surface area contributed by atoms with Crippen molar-refractivity contribution in [1.29, 1.82) is 0 Å². The summed E-state index contributed by atoms with van der Waals surface area (Å²) >= 11 is 0. The number of ether oxygens (including phenoxy) is 2. The Bertz CT molecular complexity index is 1010. The summed E-state index contributed by atoms with van der Waals surface area (Å²) in [5.74, 6) is -0.355. The SMILES string of the molecule is CC(=O)OCC1=C[C@H](C2=C(C)C(=O)C=C3C(C)(C)CCC[C@@]32C)O[C@@H]2C=C(C)C(=O)C[C@H]12. The second kappa shape index (κ2) is 7.95. The van der Waals surface area contributed by atoms with Gasteiger partial charge in [0.1, 0.15) is 6.61 Å². The van der Waals surface area contributed by atoms with Crippen LogP contribution in [0.3, 0.4) is 0 Å². The van der Waals surface area contributed by atoms with Gasteiger partial charge in [-0.25, -0.2) is 0 Å². The van der Waals surface area contributed by atoms with Crippen LogP contribution in [-0.2, 0) is 23.9 Å². The van der Waals surface area contributed by atoms with Crippen molar-refractivity contribution in [2.75, 3.05) is 6.61 Å². The molecule has 4 rings (SSSR count). The summed E-state index contributed by atoms with van der Waals surface area (Å²) in [7, 11) is 0. The first-order valence-corrected chi connectivity index (χ1v) is 11.6. The minimum Gasteiger partial charge on any atom is -0.461 e. The molecule has 1 fully saturated rings. The highest BCUT2D eigenvalue weighted by molar-refractivity contribution is 6.06. The van der Waals surface area contributed by atoms with E-state index in [1.807, 2.05) is 32.1 Å². The van der Waals surface area contributed by atoms with Gasteiger partial charge in [-0.05, 0) is 72.6 Å². The molecule has 4 aliphatic rings. The van der Waals surface area contributed by atoms with Crippen molar-refractivity contribution in [2.45, 2.75) is 79.4 Å². The number of Topliss-reactive ketones (excluding diaryl/α,β-unsaturated/α-hetero) is 1. The molecule has 1 heterocycles. The second-order valence-corrected chi connectivity index (χ2v) is 10.7. The van der Waals surface area contributed by atoms with Crippen LogP contribution in [0.4, 0.5) is 0 Å². The fraction of sp³-hybridized carbons (Fsp3) is 0.593. The van der Waals surface area contributed by atoms with Crippen molar-refractivity contribution in [1.82, 2.24) is 0 Å². The predicted octanol–water partition coefficient (Wildman–Crippen LogP) is 4.82. The molecule has 0 bridgehead atoms. The van der Waals surface area contributed by atoms with Gasteiger partial charge >= 0.3 is 5.97 Å². The van der Waals surface area contributed by atoms with Crippen molar-refractivity contribution in [3.63, 3.8) is 0 Å². The van der Waals surface area contributed by atoms with Crippen molar-refractivity contribution < 1.29 is 23.9 Å². The van der Waals surface area contributed by atoms with Gasteiger partial charge in [0, 0.05) is 24.7 Å². The molecule has 0 saturated heterocycles. The third kappa shape index (κ3) is 3.75. The number of allylic oxidation sites excluding steroid dienone is 4. The van der Waals surface area contributed by atoms with Gasteiger partial charge in [-0.1, -0.05) is 32.8 Å². The first-order chi connectivity index (χ1) is 14.9. The minimum absolute atomic E-state index is 0.0497. The van der Waals surface area contributed by atoms with Gasteiger partial charge in [0.2, 0.25) is 0 Å². The van der Waals surface area contributed by atoms with Crippen LogP contribution in [0.1, 0.15) is 67.2 Å². The van der Waals surface area contributed by atoms with Gasteiger partial charge < -0.3 is 9.47 Å². The van der Waals surface area contributed by atoms with Gasteiger partial charge in [-0.2, -0.15) is 0 Å². The molecule has 32 heavy (non-hydrogen) atoms. The summed E-state index contributed by atoms with van der Waals surface area (Å²) < 4.78 is 12.0. The molecule has 0 amide bonds. The molecule has 0 aromatic heterocycles. The zero-order chi connectivity index (χ0) is 23.4. The number of carbonyl (C=O) groups is 3. The molecule has 172 valence electrons. The van der Waals surface area contributed by atoms with E-state index in [0.717, 1.165) is 36.0 Å². The van der Waals surface area contributed by atoms with Gasteiger partial charge in [-0.3, -0.25) is 14.4 Å². The van der Waals surface area contributed by atoms with E-state index in [1.165, 1.54) is 12.5 Å². The quantitative estimate of drug-likeness (QED) is 0.467. The Morgan fingerprint density at radius 3 is 2.56 bits per heavy atom. The summed E-state index contributed by atoms with van der Waals surface area (Å²) in [6, 6.07) is 0. The van der Waals surface area contributed by atoms with Crippen LogP contribution >= 0.6 is 0 Å². The number of ketones is 2. The Kier molecular flexibility index (Phi) is 5.69. The molecule has 4 atom stereocenters. The highest BCUT2D eigenvalue weighted by Crippen LogP contribution is 2.58. The lowest BCUT2D eigenvalue weighted by Gasteiger charge is -2.52. The predicted molar refractivity (Wildman–Crippen MR) is 122 cm³/mol. The lowest BCUT2D eigenvalue weighted by molar-refractivity contribution is -0.140. The zero-order valence-corrected chi connectivity index (χ0v) is 20.0. The smallest absolute Gasteiger partial charge is 0.302 e.